The fourth-order valence-electron chi connectivity index (χ4n) is 2.18. The third-order valence-electron chi connectivity index (χ3n) is 3.33. The maximum atomic E-state index is 12.2. The molecule has 0 saturated heterocycles. The molecule has 3 N–H and O–H groups in total. The summed E-state index contributed by atoms with van der Waals surface area (Å²) in [5, 5.41) is 4.03. The van der Waals surface area contributed by atoms with Crippen LogP contribution < -0.4 is 10.5 Å². The van der Waals surface area contributed by atoms with Crippen molar-refractivity contribution in [2.24, 2.45) is 5.73 Å². The predicted octanol–water partition coefficient (Wildman–Crippen LogP) is 0.0777. The first kappa shape index (κ1) is 15.4. The van der Waals surface area contributed by atoms with Crippen molar-refractivity contribution in [1.82, 2.24) is 14.5 Å². The first-order valence-electron chi connectivity index (χ1n) is 6.91. The highest BCUT2D eigenvalue weighted by atomic mass is 32.2. The molecule has 20 heavy (non-hydrogen) atoms. The zero-order valence-electron chi connectivity index (χ0n) is 11.7. The van der Waals surface area contributed by atoms with E-state index in [2.05, 4.69) is 9.82 Å². The van der Waals surface area contributed by atoms with Gasteiger partial charge < -0.3 is 10.5 Å². The van der Waals surface area contributed by atoms with Crippen molar-refractivity contribution in [1.29, 1.82) is 0 Å². The highest BCUT2D eigenvalue weighted by Gasteiger charge is 2.33. The Bertz CT molecular complexity index is 523. The van der Waals surface area contributed by atoms with Crippen LogP contribution in [0, 0.1) is 0 Å². The molecule has 0 aromatic carbocycles. The molecule has 1 aliphatic rings. The summed E-state index contributed by atoms with van der Waals surface area (Å²) < 4.78 is 34.0. The van der Waals surface area contributed by atoms with E-state index in [1.54, 1.807) is 4.68 Å². The van der Waals surface area contributed by atoms with Gasteiger partial charge in [0.1, 0.15) is 4.90 Å². The van der Waals surface area contributed by atoms with Crippen LogP contribution in [-0.4, -0.2) is 43.5 Å². The molecule has 1 aromatic rings. The maximum absolute atomic E-state index is 12.2. The lowest BCUT2D eigenvalue weighted by Gasteiger charge is -2.34. The Labute approximate surface area is 119 Å². The smallest absolute Gasteiger partial charge is 0.243 e. The largest absolute Gasteiger partial charge is 0.378 e. The van der Waals surface area contributed by atoms with Crippen molar-refractivity contribution in [3.05, 3.63) is 12.4 Å². The molecule has 2 rings (SSSR count). The number of hydrogen-bond donors (Lipinski definition) is 2. The lowest BCUT2D eigenvalue weighted by Crippen LogP contribution is -2.47. The van der Waals surface area contributed by atoms with E-state index in [-0.39, 0.29) is 17.0 Å². The molecular formula is C12H22N4O3S. The minimum atomic E-state index is -3.48. The third kappa shape index (κ3) is 3.78. The second-order valence-electron chi connectivity index (χ2n) is 4.95. The topological polar surface area (TPSA) is 99.2 Å². The molecule has 7 nitrogen and oxygen atoms in total. The van der Waals surface area contributed by atoms with Gasteiger partial charge >= 0.3 is 0 Å². The monoisotopic (exact) mass is 302 g/mol. The van der Waals surface area contributed by atoms with Gasteiger partial charge in [0.15, 0.2) is 0 Å². The molecule has 8 heteroatoms. The molecule has 0 spiro atoms. The Balaban J connectivity index is 1.89. The Morgan fingerprint density at radius 1 is 1.55 bits per heavy atom. The molecule has 0 bridgehead atoms. The molecule has 0 aliphatic heterocycles. The van der Waals surface area contributed by atoms with Gasteiger partial charge in [0, 0.05) is 25.4 Å². The molecule has 0 radical (unpaired) electrons. The van der Waals surface area contributed by atoms with Crippen LogP contribution in [-0.2, 0) is 21.3 Å². The number of sulfonamides is 1. The minimum Gasteiger partial charge on any atom is -0.378 e. The van der Waals surface area contributed by atoms with Crippen molar-refractivity contribution in [3.63, 3.8) is 0 Å². The van der Waals surface area contributed by atoms with Crippen LogP contribution in [0.5, 0.6) is 0 Å². The number of hydrogen-bond acceptors (Lipinski definition) is 5. The Morgan fingerprint density at radius 2 is 2.30 bits per heavy atom. The summed E-state index contributed by atoms with van der Waals surface area (Å²) in [6.45, 7) is 3.79. The van der Waals surface area contributed by atoms with E-state index in [1.165, 1.54) is 12.4 Å². The number of aryl methyl sites for hydroxylation is 1. The van der Waals surface area contributed by atoms with Gasteiger partial charge in [0.2, 0.25) is 10.0 Å². The van der Waals surface area contributed by atoms with Crippen LogP contribution >= 0.6 is 0 Å². The van der Waals surface area contributed by atoms with Crippen molar-refractivity contribution in [2.75, 3.05) is 13.2 Å². The molecule has 0 amide bonds. The fourth-order valence-corrected chi connectivity index (χ4v) is 3.39. The molecule has 1 fully saturated rings. The van der Waals surface area contributed by atoms with Crippen LogP contribution in [0.2, 0.25) is 0 Å². The number of nitrogens with zero attached hydrogens (tertiary/aromatic N) is 2. The third-order valence-corrected chi connectivity index (χ3v) is 4.81. The summed E-state index contributed by atoms with van der Waals surface area (Å²) in [4.78, 5) is 0.203. The van der Waals surface area contributed by atoms with Gasteiger partial charge in [0.05, 0.1) is 12.3 Å². The van der Waals surface area contributed by atoms with Crippen molar-refractivity contribution in [2.45, 2.75) is 49.8 Å². The zero-order valence-corrected chi connectivity index (χ0v) is 12.5. The van der Waals surface area contributed by atoms with Gasteiger partial charge in [-0.2, -0.15) is 5.10 Å². The summed E-state index contributed by atoms with van der Waals surface area (Å²) in [5.74, 6) is 0. The van der Waals surface area contributed by atoms with E-state index in [4.69, 9.17) is 10.5 Å². The lowest BCUT2D eigenvalue weighted by molar-refractivity contribution is -0.00475. The summed E-state index contributed by atoms with van der Waals surface area (Å²) in [6, 6.07) is -0.0380. The van der Waals surface area contributed by atoms with Gasteiger partial charge in [-0.15, -0.1) is 0 Å². The highest BCUT2D eigenvalue weighted by Crippen LogP contribution is 2.24. The Kier molecular flexibility index (Phi) is 5.14. The molecule has 1 saturated carbocycles. The maximum Gasteiger partial charge on any atom is 0.243 e. The van der Waals surface area contributed by atoms with Crippen molar-refractivity contribution in [3.8, 4) is 0 Å². The average molecular weight is 302 g/mol. The molecule has 114 valence electrons. The predicted molar refractivity (Wildman–Crippen MR) is 74.7 cm³/mol. The fraction of sp³-hybridized carbons (Fsp3) is 0.750. The SMILES string of the molecule is CCOC1CC(NS(=O)(=O)c2cnn(CCCN)c2)C1. The van der Waals surface area contributed by atoms with Crippen molar-refractivity contribution >= 4 is 10.0 Å². The number of aromatic nitrogens is 2. The quantitative estimate of drug-likeness (QED) is 0.708. The summed E-state index contributed by atoms with van der Waals surface area (Å²) in [5.41, 5.74) is 5.41. The molecule has 0 atom stereocenters. The van der Waals surface area contributed by atoms with Crippen LogP contribution in [0.15, 0.2) is 17.3 Å². The number of nitrogens with two attached hydrogens (primary N) is 1. The summed E-state index contributed by atoms with van der Waals surface area (Å²) >= 11 is 0. The molecular weight excluding hydrogens is 280 g/mol. The van der Waals surface area contributed by atoms with E-state index in [9.17, 15) is 8.42 Å². The van der Waals surface area contributed by atoms with Crippen LogP contribution in [0.4, 0.5) is 0 Å². The number of nitrogens with one attached hydrogen (secondary N) is 1. The first-order valence-corrected chi connectivity index (χ1v) is 8.40. The molecule has 1 aromatic heterocycles. The van der Waals surface area contributed by atoms with Gasteiger partial charge in [-0.25, -0.2) is 13.1 Å². The standard InChI is InChI=1S/C12H22N4O3S/c1-2-19-11-6-10(7-11)15-20(17,18)12-8-14-16(9-12)5-3-4-13/h8-11,15H,2-7,13H2,1H3. The second-order valence-corrected chi connectivity index (χ2v) is 6.66. The van der Waals surface area contributed by atoms with Crippen molar-refractivity contribution < 1.29 is 13.2 Å². The van der Waals surface area contributed by atoms with Gasteiger partial charge in [0.25, 0.3) is 0 Å². The summed E-state index contributed by atoms with van der Waals surface area (Å²) in [7, 11) is -3.48. The lowest BCUT2D eigenvalue weighted by atomic mass is 9.90. The number of rotatable bonds is 8. The first-order chi connectivity index (χ1) is 9.55. The van der Waals surface area contributed by atoms with Gasteiger partial charge in [-0.1, -0.05) is 0 Å². The molecule has 1 heterocycles. The van der Waals surface area contributed by atoms with Crippen LogP contribution in [0.1, 0.15) is 26.2 Å². The normalized spacial score (nSPS) is 22.7. The van der Waals surface area contributed by atoms with E-state index in [0.717, 1.165) is 19.3 Å². The Morgan fingerprint density at radius 3 is 2.95 bits per heavy atom. The van der Waals surface area contributed by atoms with E-state index in [1.807, 2.05) is 6.92 Å². The second kappa shape index (κ2) is 6.66. The van der Waals surface area contributed by atoms with Crippen LogP contribution in [0.3, 0.4) is 0 Å². The molecule has 0 unspecified atom stereocenters. The minimum absolute atomic E-state index is 0.0380. The highest BCUT2D eigenvalue weighted by molar-refractivity contribution is 7.89. The summed E-state index contributed by atoms with van der Waals surface area (Å²) in [6.07, 6.45) is 5.32. The van der Waals surface area contributed by atoms with E-state index < -0.39 is 10.0 Å². The molecule has 1 aliphatic carbocycles. The van der Waals surface area contributed by atoms with Gasteiger partial charge in [-0.3, -0.25) is 4.68 Å². The number of ether oxygens (including phenoxy) is 1. The zero-order chi connectivity index (χ0) is 14.6. The van der Waals surface area contributed by atoms with E-state index >= 15 is 0 Å². The van der Waals surface area contributed by atoms with Gasteiger partial charge in [-0.05, 0) is 32.7 Å². The average Bonchev–Trinajstić information content (AvgIpc) is 2.83. The Hall–Kier alpha value is -0.960. The van der Waals surface area contributed by atoms with Crippen LogP contribution in [0.25, 0.3) is 0 Å². The van der Waals surface area contributed by atoms with E-state index in [0.29, 0.717) is 19.7 Å².